The zero-order valence-corrected chi connectivity index (χ0v) is 16.5. The van der Waals surface area contributed by atoms with E-state index in [1.165, 1.54) is 0 Å². The van der Waals surface area contributed by atoms with E-state index in [0.717, 1.165) is 38.4 Å². The molecule has 0 heterocycles. The standard InChI is InChI=1S/C25H23N3O/c1-17-8-7-11-21(14-17)27-18(2)25(29)28-26-16-24-22-12-5-3-9-19(22)15-20-10-4-6-13-23(20)24/h3-16,18,27H,1-2H3,(H,28,29). The molecule has 0 aliphatic heterocycles. The van der Waals surface area contributed by atoms with E-state index in [1.54, 1.807) is 6.21 Å². The minimum Gasteiger partial charge on any atom is -0.374 e. The maximum atomic E-state index is 12.5. The third-order valence-corrected chi connectivity index (χ3v) is 4.98. The fraction of sp³-hybridized carbons (Fsp3) is 0.120. The molecule has 0 aliphatic rings. The number of hydrogen-bond donors (Lipinski definition) is 2. The molecule has 4 heteroatoms. The molecule has 0 saturated heterocycles. The number of aryl methyl sites for hydroxylation is 1. The van der Waals surface area contributed by atoms with Crippen LogP contribution in [0.1, 0.15) is 18.1 Å². The van der Waals surface area contributed by atoms with Crippen molar-refractivity contribution in [2.24, 2.45) is 5.10 Å². The van der Waals surface area contributed by atoms with Crippen LogP contribution in [0.2, 0.25) is 0 Å². The first kappa shape index (κ1) is 18.7. The first-order valence-electron chi connectivity index (χ1n) is 9.68. The molecule has 4 nitrogen and oxygen atoms in total. The first-order chi connectivity index (χ1) is 14.1. The van der Waals surface area contributed by atoms with Crippen molar-refractivity contribution in [3.05, 3.63) is 90.0 Å². The van der Waals surface area contributed by atoms with E-state index in [2.05, 4.69) is 46.2 Å². The van der Waals surface area contributed by atoms with Crippen molar-refractivity contribution in [2.75, 3.05) is 5.32 Å². The molecule has 0 aliphatic carbocycles. The van der Waals surface area contributed by atoms with E-state index in [4.69, 9.17) is 0 Å². The van der Waals surface area contributed by atoms with Gasteiger partial charge in [-0.3, -0.25) is 4.79 Å². The van der Waals surface area contributed by atoms with E-state index >= 15 is 0 Å². The number of carbonyl (C=O) groups is 1. The highest BCUT2D eigenvalue weighted by atomic mass is 16.2. The summed E-state index contributed by atoms with van der Waals surface area (Å²) in [5, 5.41) is 12.0. The summed E-state index contributed by atoms with van der Waals surface area (Å²) < 4.78 is 0. The topological polar surface area (TPSA) is 53.5 Å². The molecule has 29 heavy (non-hydrogen) atoms. The van der Waals surface area contributed by atoms with Gasteiger partial charge in [-0.05, 0) is 59.2 Å². The lowest BCUT2D eigenvalue weighted by Gasteiger charge is -2.14. The summed E-state index contributed by atoms with van der Waals surface area (Å²) in [6.45, 7) is 3.84. The number of amides is 1. The number of nitrogens with zero attached hydrogens (tertiary/aromatic N) is 1. The lowest BCUT2D eigenvalue weighted by molar-refractivity contribution is -0.121. The number of nitrogens with one attached hydrogen (secondary N) is 2. The molecule has 0 bridgehead atoms. The normalized spacial score (nSPS) is 12.3. The molecule has 0 saturated carbocycles. The molecule has 0 fully saturated rings. The maximum Gasteiger partial charge on any atom is 0.262 e. The van der Waals surface area contributed by atoms with Gasteiger partial charge in [0.2, 0.25) is 0 Å². The second-order valence-corrected chi connectivity index (χ2v) is 7.20. The van der Waals surface area contributed by atoms with Crippen LogP contribution in [0.15, 0.2) is 84.0 Å². The third kappa shape index (κ3) is 4.11. The Balaban J connectivity index is 1.55. The van der Waals surface area contributed by atoms with Crippen LogP contribution >= 0.6 is 0 Å². The van der Waals surface area contributed by atoms with Crippen LogP contribution in [-0.4, -0.2) is 18.2 Å². The first-order valence-corrected chi connectivity index (χ1v) is 9.68. The second-order valence-electron chi connectivity index (χ2n) is 7.20. The minimum absolute atomic E-state index is 0.188. The summed E-state index contributed by atoms with van der Waals surface area (Å²) >= 11 is 0. The molecule has 0 aromatic heterocycles. The molecule has 4 rings (SSSR count). The van der Waals surface area contributed by atoms with Gasteiger partial charge in [0.05, 0.1) is 6.21 Å². The van der Waals surface area contributed by atoms with Gasteiger partial charge in [0.1, 0.15) is 6.04 Å². The number of carbonyl (C=O) groups excluding carboxylic acids is 1. The van der Waals surface area contributed by atoms with Crippen molar-refractivity contribution in [1.82, 2.24) is 5.43 Å². The number of hydrazone groups is 1. The highest BCUT2D eigenvalue weighted by molar-refractivity contribution is 6.13. The van der Waals surface area contributed by atoms with Crippen molar-refractivity contribution in [3.8, 4) is 0 Å². The molecular weight excluding hydrogens is 358 g/mol. The highest BCUT2D eigenvalue weighted by Gasteiger charge is 2.12. The van der Waals surface area contributed by atoms with Gasteiger partial charge >= 0.3 is 0 Å². The zero-order valence-electron chi connectivity index (χ0n) is 16.5. The molecule has 0 spiro atoms. The monoisotopic (exact) mass is 381 g/mol. The lowest BCUT2D eigenvalue weighted by Crippen LogP contribution is -2.34. The van der Waals surface area contributed by atoms with E-state index in [-0.39, 0.29) is 5.91 Å². The van der Waals surface area contributed by atoms with E-state index in [0.29, 0.717) is 0 Å². The Morgan fingerprint density at radius 2 is 1.55 bits per heavy atom. The summed E-state index contributed by atoms with van der Waals surface area (Å²) in [4.78, 5) is 12.5. The number of anilines is 1. The Hall–Kier alpha value is -3.66. The summed E-state index contributed by atoms with van der Waals surface area (Å²) in [5.74, 6) is -0.188. The molecule has 0 radical (unpaired) electrons. The molecule has 2 N–H and O–H groups in total. The van der Waals surface area contributed by atoms with Crippen LogP contribution in [0.25, 0.3) is 21.5 Å². The quantitative estimate of drug-likeness (QED) is 0.282. The SMILES string of the molecule is Cc1cccc(NC(C)C(=O)NN=Cc2c3ccccc3cc3ccccc23)c1. The maximum absolute atomic E-state index is 12.5. The minimum atomic E-state index is -0.404. The van der Waals surface area contributed by atoms with Gasteiger partial charge in [-0.2, -0.15) is 5.10 Å². The largest absolute Gasteiger partial charge is 0.374 e. The summed E-state index contributed by atoms with van der Waals surface area (Å²) in [6, 6.07) is 26.1. The Bertz CT molecular complexity index is 1160. The zero-order chi connectivity index (χ0) is 20.2. The van der Waals surface area contributed by atoms with Gasteiger partial charge in [0.25, 0.3) is 5.91 Å². The van der Waals surface area contributed by atoms with Gasteiger partial charge in [0, 0.05) is 11.3 Å². The summed E-state index contributed by atoms with van der Waals surface area (Å²) in [7, 11) is 0. The number of rotatable bonds is 5. The van der Waals surface area contributed by atoms with E-state index < -0.39 is 6.04 Å². The Morgan fingerprint density at radius 1 is 0.897 bits per heavy atom. The predicted molar refractivity (Wildman–Crippen MR) is 121 cm³/mol. The lowest BCUT2D eigenvalue weighted by atomic mass is 9.97. The average Bonchev–Trinajstić information content (AvgIpc) is 2.73. The average molecular weight is 381 g/mol. The van der Waals surface area contributed by atoms with Crippen LogP contribution in [-0.2, 0) is 4.79 Å². The fourth-order valence-corrected chi connectivity index (χ4v) is 3.50. The molecule has 4 aromatic carbocycles. The van der Waals surface area contributed by atoms with Crippen molar-refractivity contribution in [2.45, 2.75) is 19.9 Å². The van der Waals surface area contributed by atoms with Crippen LogP contribution in [0.3, 0.4) is 0 Å². The third-order valence-electron chi connectivity index (χ3n) is 4.98. The molecule has 4 aromatic rings. The fourth-order valence-electron chi connectivity index (χ4n) is 3.50. The van der Waals surface area contributed by atoms with E-state index in [1.807, 2.05) is 62.4 Å². The summed E-state index contributed by atoms with van der Waals surface area (Å²) in [6.07, 6.45) is 1.74. The number of benzene rings is 4. The highest BCUT2D eigenvalue weighted by Crippen LogP contribution is 2.27. The smallest absolute Gasteiger partial charge is 0.262 e. The van der Waals surface area contributed by atoms with Crippen molar-refractivity contribution < 1.29 is 4.79 Å². The van der Waals surface area contributed by atoms with Gasteiger partial charge in [-0.15, -0.1) is 0 Å². The molecule has 1 atom stereocenters. The Morgan fingerprint density at radius 3 is 2.21 bits per heavy atom. The Kier molecular flexibility index (Phi) is 5.25. The van der Waals surface area contributed by atoms with E-state index in [9.17, 15) is 4.79 Å². The van der Waals surface area contributed by atoms with Gasteiger partial charge in [0.15, 0.2) is 0 Å². The van der Waals surface area contributed by atoms with Crippen LogP contribution < -0.4 is 10.7 Å². The van der Waals surface area contributed by atoms with Crippen LogP contribution in [0.4, 0.5) is 5.69 Å². The van der Waals surface area contributed by atoms with Crippen molar-refractivity contribution >= 4 is 39.4 Å². The van der Waals surface area contributed by atoms with Crippen LogP contribution in [0.5, 0.6) is 0 Å². The van der Waals surface area contributed by atoms with Crippen molar-refractivity contribution in [3.63, 3.8) is 0 Å². The summed E-state index contributed by atoms with van der Waals surface area (Å²) in [5.41, 5.74) is 5.72. The second kappa shape index (κ2) is 8.15. The number of fused-ring (bicyclic) bond motifs is 2. The van der Waals surface area contributed by atoms with Crippen LogP contribution in [0, 0.1) is 6.92 Å². The predicted octanol–water partition coefficient (Wildman–Crippen LogP) is 5.25. The van der Waals surface area contributed by atoms with Gasteiger partial charge in [-0.25, -0.2) is 5.43 Å². The molecular formula is C25H23N3O. The van der Waals surface area contributed by atoms with Gasteiger partial charge in [-0.1, -0.05) is 60.7 Å². The number of hydrogen-bond acceptors (Lipinski definition) is 3. The Labute approximate surface area is 170 Å². The van der Waals surface area contributed by atoms with Crippen molar-refractivity contribution in [1.29, 1.82) is 0 Å². The molecule has 1 unspecified atom stereocenters. The molecule has 144 valence electrons. The van der Waals surface area contributed by atoms with Gasteiger partial charge < -0.3 is 5.32 Å². The molecule has 1 amide bonds.